The Morgan fingerprint density at radius 2 is 1.46 bits per heavy atom. The number of carbonyl (C=O) groups excluding carboxylic acids is 2. The maximum Gasteiger partial charge on any atom is 0.264 e. The number of ether oxygens (including phenoxy) is 2. The minimum absolute atomic E-state index is 0.137. The van der Waals surface area contributed by atoms with E-state index in [-0.39, 0.29) is 39.3 Å². The minimum Gasteiger partial charge on any atom is -0.493 e. The van der Waals surface area contributed by atoms with Gasteiger partial charge in [0.15, 0.2) is 11.5 Å². The SMILES string of the molecule is CNC(=O)C(Cc1ccccc1)N(Cc1c(Cl)cccc1Cl)C(=O)CN(c1ccc(Cl)cc1)S(=O)(=O)c1ccc(OC)c(OC)c1. The van der Waals surface area contributed by atoms with Crippen molar-refractivity contribution in [2.75, 3.05) is 32.1 Å². The molecule has 0 bridgehead atoms. The molecule has 0 fully saturated rings. The van der Waals surface area contributed by atoms with Crippen LogP contribution in [-0.4, -0.2) is 59.0 Å². The lowest BCUT2D eigenvalue weighted by molar-refractivity contribution is -0.139. The second-order valence-corrected chi connectivity index (χ2v) is 13.2. The molecule has 2 amide bonds. The number of hydrogen-bond acceptors (Lipinski definition) is 6. The number of anilines is 1. The number of benzene rings is 4. The van der Waals surface area contributed by atoms with Gasteiger partial charge in [0.05, 0.1) is 24.8 Å². The van der Waals surface area contributed by atoms with Gasteiger partial charge in [0.2, 0.25) is 11.8 Å². The van der Waals surface area contributed by atoms with E-state index in [0.29, 0.717) is 16.3 Å². The van der Waals surface area contributed by atoms with E-state index < -0.39 is 34.4 Å². The van der Waals surface area contributed by atoms with Crippen molar-refractivity contribution in [2.45, 2.75) is 23.9 Å². The van der Waals surface area contributed by atoms with Crippen LogP contribution in [0.2, 0.25) is 15.1 Å². The molecule has 0 aromatic heterocycles. The van der Waals surface area contributed by atoms with Gasteiger partial charge >= 0.3 is 0 Å². The second-order valence-electron chi connectivity index (χ2n) is 10.0. The quantitative estimate of drug-likeness (QED) is 0.177. The summed E-state index contributed by atoms with van der Waals surface area (Å²) in [5.41, 5.74) is 1.36. The monoisotopic (exact) mass is 703 g/mol. The number of methoxy groups -OCH3 is 2. The fraction of sp³-hybridized carbons (Fsp3) is 0.212. The maximum atomic E-state index is 14.5. The highest BCUT2D eigenvalue weighted by Crippen LogP contribution is 2.33. The Morgan fingerprint density at radius 3 is 2.04 bits per heavy atom. The number of sulfonamides is 1. The molecule has 1 N–H and O–H groups in total. The molecule has 0 radical (unpaired) electrons. The van der Waals surface area contributed by atoms with Gasteiger partial charge in [-0.3, -0.25) is 13.9 Å². The molecule has 0 spiro atoms. The average Bonchev–Trinajstić information content (AvgIpc) is 3.06. The molecule has 0 aliphatic rings. The molecule has 4 aromatic rings. The van der Waals surface area contributed by atoms with Crippen molar-refractivity contribution < 1.29 is 27.5 Å². The molecule has 9 nitrogen and oxygen atoms in total. The number of nitrogens with zero attached hydrogens (tertiary/aromatic N) is 2. The first kappa shape index (κ1) is 34.9. The molecule has 1 unspecified atom stereocenters. The molecule has 242 valence electrons. The van der Waals surface area contributed by atoms with Gasteiger partial charge < -0.3 is 19.7 Å². The second kappa shape index (κ2) is 15.6. The molecule has 0 saturated heterocycles. The van der Waals surface area contributed by atoms with Crippen molar-refractivity contribution in [3.63, 3.8) is 0 Å². The van der Waals surface area contributed by atoms with E-state index in [1.54, 1.807) is 18.2 Å². The third-order valence-electron chi connectivity index (χ3n) is 7.24. The van der Waals surface area contributed by atoms with Crippen molar-refractivity contribution in [1.82, 2.24) is 10.2 Å². The molecule has 0 aliphatic heterocycles. The summed E-state index contributed by atoms with van der Waals surface area (Å²) in [6.45, 7) is -0.851. The number of hydrogen-bond donors (Lipinski definition) is 1. The van der Waals surface area contributed by atoms with Gasteiger partial charge in [-0.2, -0.15) is 0 Å². The fourth-order valence-corrected chi connectivity index (χ4v) is 6.89. The first-order chi connectivity index (χ1) is 22.0. The summed E-state index contributed by atoms with van der Waals surface area (Å²) in [5.74, 6) is -0.628. The fourth-order valence-electron chi connectivity index (χ4n) is 4.81. The molecule has 46 heavy (non-hydrogen) atoms. The summed E-state index contributed by atoms with van der Waals surface area (Å²) in [6.07, 6.45) is 0.137. The molecule has 0 saturated carbocycles. The maximum absolute atomic E-state index is 14.5. The zero-order chi connectivity index (χ0) is 33.4. The van der Waals surface area contributed by atoms with E-state index in [0.717, 1.165) is 9.87 Å². The van der Waals surface area contributed by atoms with Crippen LogP contribution >= 0.6 is 34.8 Å². The Morgan fingerprint density at radius 1 is 0.826 bits per heavy atom. The third kappa shape index (κ3) is 8.06. The predicted molar refractivity (Wildman–Crippen MR) is 181 cm³/mol. The first-order valence-electron chi connectivity index (χ1n) is 14.0. The van der Waals surface area contributed by atoms with E-state index in [4.69, 9.17) is 44.3 Å². The molecule has 4 rings (SSSR count). The summed E-state index contributed by atoms with van der Waals surface area (Å²) in [5, 5.41) is 3.58. The Labute approximate surface area is 283 Å². The van der Waals surface area contributed by atoms with Crippen LogP contribution < -0.4 is 19.1 Å². The largest absolute Gasteiger partial charge is 0.493 e. The van der Waals surface area contributed by atoms with E-state index in [1.807, 2.05) is 30.3 Å². The van der Waals surface area contributed by atoms with Crippen molar-refractivity contribution in [1.29, 1.82) is 0 Å². The summed E-state index contributed by atoms with van der Waals surface area (Å²) in [4.78, 5) is 29.0. The van der Waals surface area contributed by atoms with Gasteiger partial charge in [-0.25, -0.2) is 8.42 Å². The number of carbonyl (C=O) groups is 2. The summed E-state index contributed by atoms with van der Waals surface area (Å²) in [7, 11) is -0.113. The number of rotatable bonds is 13. The van der Waals surface area contributed by atoms with Crippen molar-refractivity contribution in [3.05, 3.63) is 117 Å². The van der Waals surface area contributed by atoms with Crippen LogP contribution in [0, 0.1) is 0 Å². The molecule has 0 heterocycles. The number of likely N-dealkylation sites (N-methyl/N-ethyl adjacent to an activating group) is 1. The van der Waals surface area contributed by atoms with E-state index >= 15 is 0 Å². The molecule has 0 aliphatic carbocycles. The third-order valence-corrected chi connectivity index (χ3v) is 9.97. The van der Waals surface area contributed by atoms with Gasteiger partial charge in [0, 0.05) is 46.7 Å². The van der Waals surface area contributed by atoms with Crippen LogP contribution in [0.5, 0.6) is 11.5 Å². The lowest BCUT2D eigenvalue weighted by Gasteiger charge is -2.34. The summed E-state index contributed by atoms with van der Waals surface area (Å²) < 4.78 is 40.1. The van der Waals surface area contributed by atoms with Crippen LogP contribution in [0.15, 0.2) is 95.9 Å². The van der Waals surface area contributed by atoms with Crippen LogP contribution in [-0.2, 0) is 32.6 Å². The highest BCUT2D eigenvalue weighted by molar-refractivity contribution is 7.92. The average molecular weight is 705 g/mol. The van der Waals surface area contributed by atoms with Crippen LogP contribution in [0.3, 0.4) is 0 Å². The molecular formula is C33H32Cl3N3O6S. The van der Waals surface area contributed by atoms with Gasteiger partial charge in [-0.05, 0) is 54.1 Å². The van der Waals surface area contributed by atoms with Crippen LogP contribution in [0.25, 0.3) is 0 Å². The van der Waals surface area contributed by atoms with Gasteiger partial charge in [-0.15, -0.1) is 0 Å². The predicted octanol–water partition coefficient (Wildman–Crippen LogP) is 6.25. The van der Waals surface area contributed by atoms with E-state index in [1.165, 1.54) is 68.6 Å². The van der Waals surface area contributed by atoms with Crippen LogP contribution in [0.1, 0.15) is 11.1 Å². The minimum atomic E-state index is -4.40. The normalized spacial score (nSPS) is 11.8. The Hall–Kier alpha value is -3.96. The summed E-state index contributed by atoms with van der Waals surface area (Å²) >= 11 is 19.2. The zero-order valence-corrected chi connectivity index (χ0v) is 28.3. The smallest absolute Gasteiger partial charge is 0.264 e. The lowest BCUT2D eigenvalue weighted by Crippen LogP contribution is -2.53. The van der Waals surface area contributed by atoms with E-state index in [9.17, 15) is 18.0 Å². The standard InChI is InChI=1S/C33H32Cl3N3O6S/c1-37-33(41)29(18-22-8-5-4-6-9-22)38(20-26-27(35)10-7-11-28(26)36)32(40)21-39(24-14-12-23(34)13-15-24)46(42,43)25-16-17-30(44-2)31(19-25)45-3/h4-17,19,29H,18,20-21H2,1-3H3,(H,37,41). The van der Waals surface area contributed by atoms with E-state index in [2.05, 4.69) is 5.32 Å². The number of nitrogens with one attached hydrogen (secondary N) is 1. The van der Waals surface area contributed by atoms with Crippen LogP contribution in [0.4, 0.5) is 5.69 Å². The Kier molecular flexibility index (Phi) is 11.8. The number of halogens is 3. The topological polar surface area (TPSA) is 105 Å². The van der Waals surface area contributed by atoms with Crippen molar-refractivity contribution in [3.8, 4) is 11.5 Å². The lowest BCUT2D eigenvalue weighted by atomic mass is 10.0. The Bertz CT molecular complexity index is 1770. The van der Waals surface area contributed by atoms with Crippen molar-refractivity contribution in [2.24, 2.45) is 0 Å². The van der Waals surface area contributed by atoms with Gasteiger partial charge in [-0.1, -0.05) is 71.2 Å². The zero-order valence-electron chi connectivity index (χ0n) is 25.2. The van der Waals surface area contributed by atoms with Crippen molar-refractivity contribution >= 4 is 62.3 Å². The van der Waals surface area contributed by atoms with Gasteiger partial charge in [0.1, 0.15) is 12.6 Å². The first-order valence-corrected chi connectivity index (χ1v) is 16.6. The molecule has 13 heteroatoms. The highest BCUT2D eigenvalue weighted by Gasteiger charge is 2.35. The van der Waals surface area contributed by atoms with Gasteiger partial charge in [0.25, 0.3) is 10.0 Å². The summed E-state index contributed by atoms with van der Waals surface area (Å²) in [6, 6.07) is 23.2. The molecular weight excluding hydrogens is 673 g/mol. The Balaban J connectivity index is 1.84. The highest BCUT2D eigenvalue weighted by atomic mass is 35.5. The molecule has 4 aromatic carbocycles. The molecule has 1 atom stereocenters. The number of amides is 2.